The Morgan fingerprint density at radius 1 is 1.39 bits per heavy atom. The monoisotopic (exact) mass is 265 g/mol. The zero-order chi connectivity index (χ0) is 13.0. The molecular weight excluding hydrogens is 250 g/mol. The van der Waals surface area contributed by atoms with Gasteiger partial charge in [-0.05, 0) is 25.0 Å². The summed E-state index contributed by atoms with van der Waals surface area (Å²) >= 11 is 5.82. The molecule has 0 saturated heterocycles. The van der Waals surface area contributed by atoms with Gasteiger partial charge in [0.15, 0.2) is 0 Å². The van der Waals surface area contributed by atoms with Crippen LogP contribution < -0.4 is 5.32 Å². The van der Waals surface area contributed by atoms with Crippen LogP contribution in [0, 0.1) is 11.3 Å². The molecule has 0 atom stereocenters. The van der Waals surface area contributed by atoms with Gasteiger partial charge in [-0.3, -0.25) is 0 Å². The third-order valence-corrected chi connectivity index (χ3v) is 3.50. The zero-order valence-electron chi connectivity index (χ0n) is 10.1. The van der Waals surface area contributed by atoms with Gasteiger partial charge in [0.1, 0.15) is 11.0 Å². The van der Waals surface area contributed by atoms with Crippen molar-refractivity contribution in [3.63, 3.8) is 0 Å². The molecule has 1 aromatic rings. The molecule has 1 aromatic heterocycles. The van der Waals surface area contributed by atoms with E-state index in [2.05, 4.69) is 10.3 Å². The molecule has 0 bridgehead atoms. The first-order chi connectivity index (χ1) is 8.61. The first-order valence-corrected chi connectivity index (χ1v) is 6.53. The summed E-state index contributed by atoms with van der Waals surface area (Å²) in [5.74, 6) is 0.540. The summed E-state index contributed by atoms with van der Waals surface area (Å²) in [6.07, 6.45) is 4.93. The average molecular weight is 266 g/mol. The van der Waals surface area contributed by atoms with Gasteiger partial charge in [0.05, 0.1) is 17.2 Å². The second-order valence-corrected chi connectivity index (χ2v) is 5.20. The quantitative estimate of drug-likeness (QED) is 0.825. The third-order valence-electron chi connectivity index (χ3n) is 3.31. The lowest BCUT2D eigenvalue weighted by Crippen LogP contribution is -2.38. The maximum atomic E-state index is 10.3. The van der Waals surface area contributed by atoms with Crippen molar-refractivity contribution in [2.75, 3.05) is 11.9 Å². The van der Waals surface area contributed by atoms with Gasteiger partial charge < -0.3 is 10.4 Å². The summed E-state index contributed by atoms with van der Waals surface area (Å²) in [6.45, 7) is 0.450. The number of nitrogens with zero attached hydrogens (tertiary/aromatic N) is 2. The van der Waals surface area contributed by atoms with E-state index >= 15 is 0 Å². The minimum Gasteiger partial charge on any atom is -0.388 e. The Kier molecular flexibility index (Phi) is 4.05. The summed E-state index contributed by atoms with van der Waals surface area (Å²) < 4.78 is 0. The summed E-state index contributed by atoms with van der Waals surface area (Å²) in [5, 5.41) is 22.5. The maximum absolute atomic E-state index is 10.3. The largest absolute Gasteiger partial charge is 0.388 e. The van der Waals surface area contributed by atoms with Crippen LogP contribution in [-0.4, -0.2) is 22.2 Å². The number of pyridine rings is 1. The molecule has 0 amide bonds. The van der Waals surface area contributed by atoms with Gasteiger partial charge in [0.2, 0.25) is 0 Å². The Morgan fingerprint density at radius 3 is 2.78 bits per heavy atom. The smallest absolute Gasteiger partial charge is 0.132 e. The van der Waals surface area contributed by atoms with Crippen molar-refractivity contribution in [1.29, 1.82) is 5.26 Å². The molecule has 1 fully saturated rings. The number of nitriles is 1. The van der Waals surface area contributed by atoms with E-state index in [0.29, 0.717) is 17.9 Å². The van der Waals surface area contributed by atoms with Crippen LogP contribution >= 0.6 is 11.6 Å². The van der Waals surface area contributed by atoms with Gasteiger partial charge in [-0.15, -0.1) is 0 Å². The van der Waals surface area contributed by atoms with Gasteiger partial charge in [-0.2, -0.15) is 5.26 Å². The molecule has 5 heteroatoms. The maximum Gasteiger partial charge on any atom is 0.132 e. The molecule has 2 rings (SSSR count). The Morgan fingerprint density at radius 2 is 2.11 bits per heavy atom. The second-order valence-electron chi connectivity index (χ2n) is 4.81. The summed E-state index contributed by atoms with van der Waals surface area (Å²) in [6, 6.07) is 5.18. The van der Waals surface area contributed by atoms with Crippen molar-refractivity contribution >= 4 is 17.4 Å². The molecule has 1 aliphatic rings. The van der Waals surface area contributed by atoms with E-state index in [1.807, 2.05) is 6.07 Å². The van der Waals surface area contributed by atoms with E-state index in [0.717, 1.165) is 25.7 Å². The van der Waals surface area contributed by atoms with Crippen molar-refractivity contribution in [1.82, 2.24) is 4.98 Å². The number of hydrogen-bond acceptors (Lipinski definition) is 4. The van der Waals surface area contributed by atoms with Crippen LogP contribution in [0.5, 0.6) is 0 Å². The molecule has 96 valence electrons. The Labute approximate surface area is 112 Å². The fourth-order valence-corrected chi connectivity index (χ4v) is 2.50. The van der Waals surface area contributed by atoms with Crippen molar-refractivity contribution in [2.45, 2.75) is 37.7 Å². The second kappa shape index (κ2) is 5.55. The van der Waals surface area contributed by atoms with Crippen LogP contribution in [0.3, 0.4) is 0 Å². The number of anilines is 1. The molecule has 0 spiro atoms. The van der Waals surface area contributed by atoms with Gasteiger partial charge in [0, 0.05) is 6.54 Å². The van der Waals surface area contributed by atoms with Gasteiger partial charge in [-0.25, -0.2) is 4.98 Å². The molecule has 0 aromatic carbocycles. The van der Waals surface area contributed by atoms with E-state index in [1.165, 1.54) is 12.5 Å². The molecule has 2 N–H and O–H groups in total. The van der Waals surface area contributed by atoms with Crippen molar-refractivity contribution in [2.24, 2.45) is 0 Å². The molecule has 0 radical (unpaired) electrons. The van der Waals surface area contributed by atoms with E-state index in [4.69, 9.17) is 16.9 Å². The zero-order valence-corrected chi connectivity index (χ0v) is 10.9. The highest BCUT2D eigenvalue weighted by Gasteiger charge is 2.28. The normalized spacial score (nSPS) is 18.1. The number of halogens is 1. The predicted molar refractivity (Wildman–Crippen MR) is 70.5 cm³/mol. The standard InChI is InChI=1S/C13H16ClN3O/c14-11-6-10(8-15)7-12(17-11)16-9-13(18)4-2-1-3-5-13/h6-7,18H,1-5,9H2,(H,16,17). The highest BCUT2D eigenvalue weighted by molar-refractivity contribution is 6.29. The molecule has 18 heavy (non-hydrogen) atoms. The molecular formula is C13H16ClN3O. The fraction of sp³-hybridized carbons (Fsp3) is 0.538. The van der Waals surface area contributed by atoms with E-state index in [1.54, 1.807) is 6.07 Å². The lowest BCUT2D eigenvalue weighted by atomic mass is 9.85. The number of aliphatic hydroxyl groups is 1. The third kappa shape index (κ3) is 3.34. The van der Waals surface area contributed by atoms with E-state index in [-0.39, 0.29) is 5.15 Å². The Hall–Kier alpha value is -1.31. The summed E-state index contributed by atoms with van der Waals surface area (Å²) in [7, 11) is 0. The number of rotatable bonds is 3. The van der Waals surface area contributed by atoms with Crippen molar-refractivity contribution in [3.05, 3.63) is 22.8 Å². The number of hydrogen-bond donors (Lipinski definition) is 2. The number of aromatic nitrogens is 1. The van der Waals surface area contributed by atoms with Crippen LogP contribution in [0.25, 0.3) is 0 Å². The van der Waals surface area contributed by atoms with Gasteiger partial charge >= 0.3 is 0 Å². The van der Waals surface area contributed by atoms with Crippen molar-refractivity contribution < 1.29 is 5.11 Å². The van der Waals surface area contributed by atoms with Crippen LogP contribution in [0.2, 0.25) is 5.15 Å². The molecule has 0 aliphatic heterocycles. The molecule has 4 nitrogen and oxygen atoms in total. The molecule has 0 unspecified atom stereocenters. The van der Waals surface area contributed by atoms with Crippen LogP contribution in [-0.2, 0) is 0 Å². The first-order valence-electron chi connectivity index (χ1n) is 6.15. The molecule has 1 saturated carbocycles. The minimum atomic E-state index is -0.658. The van der Waals surface area contributed by atoms with Crippen LogP contribution in [0.4, 0.5) is 5.82 Å². The fourth-order valence-electron chi connectivity index (χ4n) is 2.29. The Balaban J connectivity index is 2.01. The SMILES string of the molecule is N#Cc1cc(Cl)nc(NCC2(O)CCCCC2)c1. The Bertz CT molecular complexity index is 464. The minimum absolute atomic E-state index is 0.284. The van der Waals surface area contributed by atoms with Crippen molar-refractivity contribution in [3.8, 4) is 6.07 Å². The summed E-state index contributed by atoms with van der Waals surface area (Å²) in [5.41, 5.74) is -0.192. The predicted octanol–water partition coefficient (Wildman–Crippen LogP) is 2.71. The first kappa shape index (κ1) is 13.1. The lowest BCUT2D eigenvalue weighted by Gasteiger charge is -2.32. The molecule has 1 aliphatic carbocycles. The van der Waals surface area contributed by atoms with E-state index < -0.39 is 5.60 Å². The highest BCUT2D eigenvalue weighted by atomic mass is 35.5. The average Bonchev–Trinajstić information content (AvgIpc) is 2.37. The van der Waals surface area contributed by atoms with Crippen LogP contribution in [0.15, 0.2) is 12.1 Å². The van der Waals surface area contributed by atoms with E-state index in [9.17, 15) is 5.11 Å². The summed E-state index contributed by atoms with van der Waals surface area (Å²) in [4.78, 5) is 4.09. The van der Waals surface area contributed by atoms with Gasteiger partial charge in [-0.1, -0.05) is 30.9 Å². The highest BCUT2D eigenvalue weighted by Crippen LogP contribution is 2.28. The number of nitrogens with one attached hydrogen (secondary N) is 1. The van der Waals surface area contributed by atoms with Gasteiger partial charge in [0.25, 0.3) is 0 Å². The van der Waals surface area contributed by atoms with Crippen LogP contribution in [0.1, 0.15) is 37.7 Å². The lowest BCUT2D eigenvalue weighted by molar-refractivity contribution is 0.0166. The topological polar surface area (TPSA) is 68.9 Å². The molecule has 1 heterocycles.